The summed E-state index contributed by atoms with van der Waals surface area (Å²) in [6.45, 7) is 5.29. The van der Waals surface area contributed by atoms with Gasteiger partial charge in [0.15, 0.2) is 5.82 Å². The summed E-state index contributed by atoms with van der Waals surface area (Å²) < 4.78 is 5.43. The Balaban J connectivity index is 3.03. The van der Waals surface area contributed by atoms with Gasteiger partial charge in [-0.1, -0.05) is 0 Å². The molecule has 16 heavy (non-hydrogen) atoms. The molecule has 0 fully saturated rings. The van der Waals surface area contributed by atoms with E-state index in [1.165, 1.54) is 0 Å². The minimum atomic E-state index is -0.700. The number of aliphatic hydroxyl groups is 1. The summed E-state index contributed by atoms with van der Waals surface area (Å²) in [5, 5.41) is 17.8. The molecule has 1 aromatic heterocycles. The Morgan fingerprint density at radius 2 is 2.19 bits per heavy atom. The first-order chi connectivity index (χ1) is 7.56. The summed E-state index contributed by atoms with van der Waals surface area (Å²) >= 11 is 0. The average Bonchev–Trinajstić information content (AvgIpc) is 2.17. The van der Waals surface area contributed by atoms with Crippen molar-refractivity contribution >= 4 is 0 Å². The molecular weight excluding hydrogens is 206 g/mol. The highest BCUT2D eigenvalue weighted by Gasteiger charge is 2.14. The fourth-order valence-electron chi connectivity index (χ4n) is 1.20. The quantitative estimate of drug-likeness (QED) is 0.825. The number of ether oxygens (including phenoxy) is 1. The number of nitrogens with zero attached hydrogens (tertiary/aromatic N) is 3. The second-order valence-corrected chi connectivity index (χ2v) is 3.74. The molecule has 5 heteroatoms. The highest BCUT2D eigenvalue weighted by Crippen LogP contribution is 2.16. The fourth-order valence-corrected chi connectivity index (χ4v) is 1.20. The third-order valence-electron chi connectivity index (χ3n) is 1.85. The molecule has 0 aromatic carbocycles. The number of nitriles is 1. The zero-order valence-electron chi connectivity index (χ0n) is 9.64. The van der Waals surface area contributed by atoms with Gasteiger partial charge in [0.2, 0.25) is 5.88 Å². The predicted molar refractivity (Wildman–Crippen MR) is 58.0 cm³/mol. The molecule has 0 spiro atoms. The maximum atomic E-state index is 9.00. The lowest BCUT2D eigenvalue weighted by atomic mass is 10.1. The zero-order valence-corrected chi connectivity index (χ0v) is 9.64. The van der Waals surface area contributed by atoms with Gasteiger partial charge < -0.3 is 9.84 Å². The Kier molecular flexibility index (Phi) is 4.20. The highest BCUT2D eigenvalue weighted by molar-refractivity contribution is 5.20. The smallest absolute Gasteiger partial charge is 0.217 e. The van der Waals surface area contributed by atoms with E-state index in [9.17, 15) is 0 Å². The number of aliphatic hydroxyl groups excluding tert-OH is 1. The van der Waals surface area contributed by atoms with Gasteiger partial charge in [0.25, 0.3) is 0 Å². The van der Waals surface area contributed by atoms with E-state index in [-0.39, 0.29) is 12.7 Å². The molecule has 0 radical (unpaired) electrons. The minimum Gasteiger partial charge on any atom is -0.475 e. The van der Waals surface area contributed by atoms with Crippen molar-refractivity contribution in [2.24, 2.45) is 0 Å². The van der Waals surface area contributed by atoms with Crippen molar-refractivity contribution < 1.29 is 9.84 Å². The SMILES string of the molecule is Cc1cc(OC(C)C)nc(C(C#N)CO)n1. The normalized spacial score (nSPS) is 12.2. The minimum absolute atomic E-state index is 0.0109. The van der Waals surface area contributed by atoms with E-state index in [1.54, 1.807) is 13.0 Å². The molecule has 1 atom stereocenters. The van der Waals surface area contributed by atoms with Crippen molar-refractivity contribution in [1.29, 1.82) is 5.26 Å². The standard InChI is InChI=1S/C11H15N3O2/c1-7(2)16-10-4-8(3)13-11(14-10)9(5-12)6-15/h4,7,9,15H,6H2,1-3H3. The lowest BCUT2D eigenvalue weighted by molar-refractivity contribution is 0.229. The average molecular weight is 221 g/mol. The van der Waals surface area contributed by atoms with Gasteiger partial charge in [0.1, 0.15) is 5.92 Å². The molecular formula is C11H15N3O2. The summed E-state index contributed by atoms with van der Waals surface area (Å²) in [7, 11) is 0. The first-order valence-electron chi connectivity index (χ1n) is 5.09. The van der Waals surface area contributed by atoms with Crippen molar-refractivity contribution in [3.05, 3.63) is 17.6 Å². The molecule has 0 saturated carbocycles. The van der Waals surface area contributed by atoms with Gasteiger partial charge >= 0.3 is 0 Å². The van der Waals surface area contributed by atoms with Crippen LogP contribution in [-0.2, 0) is 0 Å². The van der Waals surface area contributed by atoms with E-state index in [0.29, 0.717) is 17.4 Å². The van der Waals surface area contributed by atoms with E-state index in [2.05, 4.69) is 9.97 Å². The Labute approximate surface area is 94.7 Å². The summed E-state index contributed by atoms with van der Waals surface area (Å²) in [6, 6.07) is 3.65. The van der Waals surface area contributed by atoms with Gasteiger partial charge in [-0.2, -0.15) is 10.2 Å². The number of hydrogen-bond acceptors (Lipinski definition) is 5. The molecule has 0 aliphatic heterocycles. The Morgan fingerprint density at radius 3 is 2.69 bits per heavy atom. The van der Waals surface area contributed by atoms with Crippen LogP contribution in [0.15, 0.2) is 6.07 Å². The Hall–Kier alpha value is -1.67. The highest BCUT2D eigenvalue weighted by atomic mass is 16.5. The van der Waals surface area contributed by atoms with Crippen molar-refractivity contribution in [3.63, 3.8) is 0 Å². The molecule has 0 amide bonds. The lowest BCUT2D eigenvalue weighted by Crippen LogP contribution is -2.12. The monoisotopic (exact) mass is 221 g/mol. The molecule has 0 bridgehead atoms. The summed E-state index contributed by atoms with van der Waals surface area (Å²) in [5.41, 5.74) is 0.717. The van der Waals surface area contributed by atoms with Crippen molar-refractivity contribution in [3.8, 4) is 11.9 Å². The molecule has 5 nitrogen and oxygen atoms in total. The molecule has 1 unspecified atom stereocenters. The zero-order chi connectivity index (χ0) is 12.1. The van der Waals surface area contributed by atoms with E-state index in [4.69, 9.17) is 15.1 Å². The largest absolute Gasteiger partial charge is 0.475 e. The third-order valence-corrected chi connectivity index (χ3v) is 1.85. The van der Waals surface area contributed by atoms with Crippen molar-refractivity contribution in [2.45, 2.75) is 32.8 Å². The van der Waals surface area contributed by atoms with Crippen LogP contribution >= 0.6 is 0 Å². The van der Waals surface area contributed by atoms with Crippen LogP contribution in [0.2, 0.25) is 0 Å². The lowest BCUT2D eigenvalue weighted by Gasteiger charge is -2.11. The number of rotatable bonds is 4. The van der Waals surface area contributed by atoms with Crippen LogP contribution < -0.4 is 4.74 Å². The van der Waals surface area contributed by atoms with E-state index >= 15 is 0 Å². The number of aryl methyl sites for hydroxylation is 1. The van der Waals surface area contributed by atoms with Gasteiger partial charge in [-0.25, -0.2) is 4.98 Å². The van der Waals surface area contributed by atoms with Gasteiger partial charge in [0.05, 0.1) is 18.8 Å². The summed E-state index contributed by atoms with van der Waals surface area (Å²) in [6.07, 6.45) is 0.0109. The first kappa shape index (κ1) is 12.4. The van der Waals surface area contributed by atoms with Gasteiger partial charge in [-0.05, 0) is 20.8 Å². The van der Waals surface area contributed by atoms with Gasteiger partial charge in [-0.15, -0.1) is 0 Å². The molecule has 1 N–H and O–H groups in total. The van der Waals surface area contributed by atoms with E-state index in [1.807, 2.05) is 19.9 Å². The molecule has 0 saturated heterocycles. The topological polar surface area (TPSA) is 79.0 Å². The van der Waals surface area contributed by atoms with Crippen LogP contribution in [0.25, 0.3) is 0 Å². The van der Waals surface area contributed by atoms with Gasteiger partial charge in [0, 0.05) is 11.8 Å². The van der Waals surface area contributed by atoms with Crippen LogP contribution in [0.5, 0.6) is 5.88 Å². The van der Waals surface area contributed by atoms with Crippen LogP contribution in [0.4, 0.5) is 0 Å². The molecule has 1 rings (SSSR count). The van der Waals surface area contributed by atoms with Crippen LogP contribution in [0.3, 0.4) is 0 Å². The predicted octanol–water partition coefficient (Wildman–Crippen LogP) is 1.17. The second kappa shape index (κ2) is 5.42. The number of hydrogen-bond donors (Lipinski definition) is 1. The van der Waals surface area contributed by atoms with Crippen molar-refractivity contribution in [2.75, 3.05) is 6.61 Å². The maximum Gasteiger partial charge on any atom is 0.217 e. The van der Waals surface area contributed by atoms with Crippen LogP contribution in [0.1, 0.15) is 31.3 Å². The molecule has 1 heterocycles. The third kappa shape index (κ3) is 3.17. The molecule has 1 aromatic rings. The Morgan fingerprint density at radius 1 is 1.50 bits per heavy atom. The fraction of sp³-hybridized carbons (Fsp3) is 0.545. The summed E-state index contributed by atoms with van der Waals surface area (Å²) in [5.74, 6) is 0.0428. The van der Waals surface area contributed by atoms with Crippen LogP contribution in [-0.4, -0.2) is 27.8 Å². The van der Waals surface area contributed by atoms with Crippen molar-refractivity contribution in [1.82, 2.24) is 9.97 Å². The molecule has 0 aliphatic rings. The summed E-state index contributed by atoms with van der Waals surface area (Å²) in [4.78, 5) is 8.21. The van der Waals surface area contributed by atoms with Crippen LogP contribution in [0, 0.1) is 18.3 Å². The number of aromatic nitrogens is 2. The maximum absolute atomic E-state index is 9.00. The second-order valence-electron chi connectivity index (χ2n) is 3.74. The Bertz CT molecular complexity index is 399. The first-order valence-corrected chi connectivity index (χ1v) is 5.09. The molecule has 86 valence electrons. The van der Waals surface area contributed by atoms with E-state index < -0.39 is 5.92 Å². The van der Waals surface area contributed by atoms with E-state index in [0.717, 1.165) is 0 Å². The molecule has 0 aliphatic carbocycles. The van der Waals surface area contributed by atoms with Gasteiger partial charge in [-0.3, -0.25) is 0 Å².